The van der Waals surface area contributed by atoms with Crippen LogP contribution in [-0.2, 0) is 19.2 Å². The van der Waals surface area contributed by atoms with E-state index in [0.29, 0.717) is 0 Å². The molecule has 0 saturated carbocycles. The molecule has 0 spiro atoms. The second kappa shape index (κ2) is 15.6. The van der Waals surface area contributed by atoms with Gasteiger partial charge in [-0.05, 0) is 0 Å². The van der Waals surface area contributed by atoms with Gasteiger partial charge in [0.05, 0.1) is 0 Å². The van der Waals surface area contributed by atoms with Crippen molar-refractivity contribution < 1.29 is 19.2 Å². The van der Waals surface area contributed by atoms with Crippen molar-refractivity contribution in [2.75, 3.05) is 0 Å². The molecule has 0 saturated heterocycles. The van der Waals surface area contributed by atoms with Gasteiger partial charge in [0.1, 0.15) is 0 Å². The fourth-order valence-corrected chi connectivity index (χ4v) is 2.00. The molecule has 4 aromatic rings. The van der Waals surface area contributed by atoms with Crippen LogP contribution in [0.3, 0.4) is 0 Å². The number of nitrogens with one attached hydrogen (secondary N) is 1. The Balaban J connectivity index is -0.000000290. The number of hydrogen-bond donors (Lipinski definition) is 1. The largest absolute Gasteiger partial charge is 0.477 e. The summed E-state index contributed by atoms with van der Waals surface area (Å²) in [7, 11) is 2.97. The van der Waals surface area contributed by atoms with Crippen LogP contribution in [0.5, 0.6) is 0 Å². The van der Waals surface area contributed by atoms with Gasteiger partial charge in [0.25, 0.3) is 0 Å². The predicted octanol–water partition coefficient (Wildman–Crippen LogP) is 5.89. The summed E-state index contributed by atoms with van der Waals surface area (Å²) in [4.78, 5) is 2.99. The molecule has 0 unspecified atom stereocenters. The Kier molecular flexibility index (Phi) is 18.2. The molecule has 0 aliphatic heterocycles. The first-order chi connectivity index (χ1) is 9.93. The van der Waals surface area contributed by atoms with Crippen LogP contribution in [0, 0.1) is 21.1 Å². The number of benzene rings is 2. The Labute approximate surface area is 171 Å². The first-order valence-corrected chi connectivity index (χ1v) is 9.07. The fraction of sp³-hybridized carbons (Fsp3) is 0. The van der Waals surface area contributed by atoms with E-state index < -0.39 is 0 Å². The molecule has 1 aromatic heterocycles. The summed E-state index contributed by atoms with van der Waals surface area (Å²) in [6.07, 6.45) is 2.91. The summed E-state index contributed by atoms with van der Waals surface area (Å²) in [5, 5.41) is 3.88. The third kappa shape index (κ3) is 7.78. The Hall–Kier alpha value is -0.899. The van der Waals surface area contributed by atoms with E-state index in [-0.39, 0.29) is 39.7 Å². The Bertz CT molecular complexity index is 656. The maximum Gasteiger partial charge on any atom is -0.0745 e. The van der Waals surface area contributed by atoms with Crippen molar-refractivity contribution in [3.63, 3.8) is 0 Å². The molecule has 4 rings (SSSR count). The monoisotopic (exact) mass is 409 g/mol. The minimum absolute atomic E-state index is 0. The molecule has 1 N–H and O–H groups in total. The first kappa shape index (κ1) is 27.9. The van der Waals surface area contributed by atoms with Crippen LogP contribution in [0.1, 0.15) is 0 Å². The number of rotatable bonds is 0. The van der Waals surface area contributed by atoms with Crippen molar-refractivity contribution in [1.82, 2.24) is 4.98 Å². The third-order valence-corrected chi connectivity index (χ3v) is 2.94. The molecule has 24 heavy (non-hydrogen) atoms. The van der Waals surface area contributed by atoms with Crippen molar-refractivity contribution in [2.45, 2.75) is 0 Å². The van der Waals surface area contributed by atoms with Gasteiger partial charge in [0.2, 0.25) is 0 Å². The van der Waals surface area contributed by atoms with Gasteiger partial charge < -0.3 is 19.8 Å². The molecule has 0 atom stereocenters. The summed E-state index contributed by atoms with van der Waals surface area (Å²) in [5.74, 6) is 0. The minimum atomic E-state index is 0. The van der Waals surface area contributed by atoms with Gasteiger partial charge in [-0.15, -0.1) is 78.3 Å². The van der Waals surface area contributed by atoms with E-state index in [4.69, 9.17) is 0 Å². The van der Waals surface area contributed by atoms with E-state index >= 15 is 0 Å². The summed E-state index contributed by atoms with van der Waals surface area (Å²) in [6.45, 7) is 0. The average Bonchev–Trinajstić information content (AvgIpc) is 3.18. The summed E-state index contributed by atoms with van der Waals surface area (Å²) < 4.78 is 0. The third-order valence-electron chi connectivity index (χ3n) is 2.94. The normalized spacial score (nSPS) is 7.79. The Morgan fingerprint density at radius 1 is 0.833 bits per heavy atom. The molecule has 0 fully saturated rings. The van der Waals surface area contributed by atoms with Gasteiger partial charge in [-0.3, -0.25) is 0 Å². The summed E-state index contributed by atoms with van der Waals surface area (Å²) in [5.41, 5.74) is 1.15. The average molecular weight is 410 g/mol. The van der Waals surface area contributed by atoms with Gasteiger partial charge in [0.15, 0.2) is 0 Å². The van der Waals surface area contributed by atoms with Crippen LogP contribution in [0.4, 0.5) is 0 Å². The second-order valence-electron chi connectivity index (χ2n) is 4.16. The van der Waals surface area contributed by atoms with Crippen LogP contribution >= 0.6 is 24.8 Å². The van der Waals surface area contributed by atoms with E-state index in [2.05, 4.69) is 67.3 Å². The van der Waals surface area contributed by atoms with Gasteiger partial charge >= 0.3 is 26.8 Å². The number of aromatic amines is 1. The van der Waals surface area contributed by atoms with Gasteiger partial charge in [-0.2, -0.15) is 29.0 Å². The molecular formula is C19H21Cl2NSiTi-4. The molecule has 0 aliphatic carbocycles. The zero-order valence-electron chi connectivity index (χ0n) is 13.7. The second-order valence-corrected chi connectivity index (χ2v) is 4.16. The van der Waals surface area contributed by atoms with Gasteiger partial charge in [-0.25, -0.2) is 0 Å². The van der Waals surface area contributed by atoms with Crippen LogP contribution in [0.25, 0.3) is 21.7 Å². The number of halogens is 2. The molecule has 0 amide bonds. The zero-order chi connectivity index (χ0) is 14.2. The number of hydrogen-bond acceptors (Lipinski definition) is 0. The van der Waals surface area contributed by atoms with E-state index in [1.54, 1.807) is 19.2 Å². The van der Waals surface area contributed by atoms with Crippen molar-refractivity contribution in [3.05, 3.63) is 93.8 Å². The SMILES string of the molecule is Cl.Cl.[CH3-].[CH3-].[Si]=[Ti].[c-]1cc2ccccc2[nH]1.c1ccc2[cH-]ccc2c1. The molecule has 5 heteroatoms. The topological polar surface area (TPSA) is 15.8 Å². The Morgan fingerprint density at radius 3 is 2.04 bits per heavy atom. The summed E-state index contributed by atoms with van der Waals surface area (Å²) >= 11 is 1.81. The molecule has 1 nitrogen and oxygen atoms in total. The van der Waals surface area contributed by atoms with Crippen molar-refractivity contribution in [1.29, 1.82) is 0 Å². The summed E-state index contributed by atoms with van der Waals surface area (Å²) in [6, 6.07) is 24.7. The molecular weight excluding hydrogens is 389 g/mol. The molecule has 0 aliphatic rings. The van der Waals surface area contributed by atoms with Crippen molar-refractivity contribution >= 4 is 54.1 Å². The van der Waals surface area contributed by atoms with Gasteiger partial charge in [-0.1, -0.05) is 18.2 Å². The van der Waals surface area contributed by atoms with Crippen LogP contribution in [0.2, 0.25) is 0 Å². The fourth-order valence-electron chi connectivity index (χ4n) is 2.00. The maximum absolute atomic E-state index is 2.99. The van der Waals surface area contributed by atoms with Gasteiger partial charge in [0, 0.05) is 0 Å². The van der Waals surface area contributed by atoms with E-state index in [1.165, 1.54) is 16.2 Å². The van der Waals surface area contributed by atoms with E-state index in [9.17, 15) is 0 Å². The minimum Gasteiger partial charge on any atom is -0.477 e. The predicted molar refractivity (Wildman–Crippen MR) is 110 cm³/mol. The standard InChI is InChI=1S/C9H7.C8H6N.2CH3.2ClH.Si.Ti/c1-2-5-9-7-3-6-8(9)4-1;1-2-4-8-7(3-1)5-6-9-8;;;;;;/h1-7H;1-5,9H;2*1H3;2*1H;;/q4*-1;;;;. The zero-order valence-corrected chi connectivity index (χ0v) is 17.9. The molecule has 0 bridgehead atoms. The number of para-hydroxylation sites is 1. The molecule has 1 heterocycles. The quantitative estimate of drug-likeness (QED) is 0.275. The first-order valence-electron chi connectivity index (χ1n) is 6.23. The molecule has 3 aromatic carbocycles. The smallest absolute Gasteiger partial charge is 0.0745 e. The maximum atomic E-state index is 2.99. The van der Waals surface area contributed by atoms with Crippen molar-refractivity contribution in [2.24, 2.45) is 0 Å². The van der Waals surface area contributed by atoms with Crippen LogP contribution < -0.4 is 0 Å². The van der Waals surface area contributed by atoms with Crippen LogP contribution in [-0.4, -0.2) is 12.6 Å². The van der Waals surface area contributed by atoms with E-state index in [1.807, 2.05) is 24.3 Å². The van der Waals surface area contributed by atoms with Crippen molar-refractivity contribution in [3.8, 4) is 0 Å². The molecule has 128 valence electrons. The number of H-pyrrole nitrogens is 1. The number of fused-ring (bicyclic) bond motifs is 2. The molecule has 2 radical (unpaired) electrons. The van der Waals surface area contributed by atoms with Crippen LogP contribution in [0.15, 0.2) is 72.8 Å². The Morgan fingerprint density at radius 2 is 1.42 bits per heavy atom. The van der Waals surface area contributed by atoms with E-state index in [0.717, 1.165) is 5.52 Å². The number of aromatic nitrogens is 1.